The van der Waals surface area contributed by atoms with Gasteiger partial charge in [0.05, 0.1) is 12.8 Å². The van der Waals surface area contributed by atoms with E-state index >= 15 is 0 Å². The standard InChI is InChI=1S/C31H38N2O5/c1-19(2)15-21-6-9-23(10-7-21)31-29(22-11-12-22)30(33-38-31)24(13-14-28(35)36)17-27(34)32-18-25-8-5-20(3)16-26(25)37-4/h5-10,16,19,22,24H,11-15,17-18H2,1-4H3,(H,32,34)(H,35,36). The third-order valence-electron chi connectivity index (χ3n) is 7.05. The van der Waals surface area contributed by atoms with Crippen molar-refractivity contribution in [1.29, 1.82) is 0 Å². The maximum atomic E-state index is 13.1. The van der Waals surface area contributed by atoms with Gasteiger partial charge in [0, 0.05) is 42.0 Å². The third-order valence-corrected chi connectivity index (χ3v) is 7.05. The lowest BCUT2D eigenvalue weighted by Gasteiger charge is -2.16. The lowest BCUT2D eigenvalue weighted by Crippen LogP contribution is -2.25. The smallest absolute Gasteiger partial charge is 0.303 e. The normalized spacial score (nSPS) is 13.9. The number of nitrogens with zero attached hydrogens (tertiary/aromatic N) is 1. The summed E-state index contributed by atoms with van der Waals surface area (Å²) in [6, 6.07) is 14.3. The largest absolute Gasteiger partial charge is 0.496 e. The molecule has 4 rings (SSSR count). The first-order valence-electron chi connectivity index (χ1n) is 13.5. The van der Waals surface area contributed by atoms with E-state index in [1.807, 2.05) is 25.1 Å². The Hall–Kier alpha value is -3.61. The second-order valence-electron chi connectivity index (χ2n) is 10.8. The maximum absolute atomic E-state index is 13.1. The number of carbonyl (C=O) groups excluding carboxylic acids is 1. The van der Waals surface area contributed by atoms with E-state index in [-0.39, 0.29) is 24.7 Å². The highest BCUT2D eigenvalue weighted by Crippen LogP contribution is 2.48. The second-order valence-corrected chi connectivity index (χ2v) is 10.8. The molecule has 0 spiro atoms. The quantitative estimate of drug-likeness (QED) is 0.272. The Morgan fingerprint density at radius 2 is 1.89 bits per heavy atom. The molecule has 1 saturated carbocycles. The van der Waals surface area contributed by atoms with Gasteiger partial charge in [0.2, 0.25) is 5.91 Å². The fourth-order valence-electron chi connectivity index (χ4n) is 4.96. The van der Waals surface area contributed by atoms with Crippen LogP contribution in [0, 0.1) is 12.8 Å². The van der Waals surface area contributed by atoms with Gasteiger partial charge >= 0.3 is 5.97 Å². The van der Waals surface area contributed by atoms with Crippen LogP contribution in [0.3, 0.4) is 0 Å². The van der Waals surface area contributed by atoms with Crippen LogP contribution in [0.5, 0.6) is 5.75 Å². The molecule has 1 aliphatic carbocycles. The van der Waals surface area contributed by atoms with Crippen molar-refractivity contribution in [2.75, 3.05) is 7.11 Å². The van der Waals surface area contributed by atoms with Crippen LogP contribution in [0.4, 0.5) is 0 Å². The Labute approximate surface area is 224 Å². The Morgan fingerprint density at radius 1 is 1.16 bits per heavy atom. The van der Waals surface area contributed by atoms with Crippen LogP contribution in [-0.2, 0) is 22.6 Å². The number of carboxylic acids is 1. The molecule has 1 heterocycles. The number of rotatable bonds is 13. The van der Waals surface area contributed by atoms with Crippen LogP contribution in [0.15, 0.2) is 47.0 Å². The lowest BCUT2D eigenvalue weighted by atomic mass is 9.89. The number of amides is 1. The molecule has 7 nitrogen and oxygen atoms in total. The molecular formula is C31H38N2O5. The molecule has 2 aromatic carbocycles. The summed E-state index contributed by atoms with van der Waals surface area (Å²) in [4.78, 5) is 24.5. The van der Waals surface area contributed by atoms with E-state index in [0.717, 1.165) is 58.7 Å². The van der Waals surface area contributed by atoms with Crippen molar-refractivity contribution < 1.29 is 24.0 Å². The number of nitrogens with one attached hydrogen (secondary N) is 1. The molecule has 3 aromatic rings. The van der Waals surface area contributed by atoms with Gasteiger partial charge in [-0.05, 0) is 61.6 Å². The average molecular weight is 519 g/mol. The predicted octanol–water partition coefficient (Wildman–Crippen LogP) is 6.39. The zero-order chi connectivity index (χ0) is 27.2. The summed E-state index contributed by atoms with van der Waals surface area (Å²) in [5.41, 5.74) is 5.96. The third kappa shape index (κ3) is 7.03. The number of hydrogen-bond acceptors (Lipinski definition) is 5. The summed E-state index contributed by atoms with van der Waals surface area (Å²) >= 11 is 0. The van der Waals surface area contributed by atoms with Crippen LogP contribution in [0.25, 0.3) is 11.3 Å². The number of aryl methyl sites for hydroxylation is 1. The monoisotopic (exact) mass is 518 g/mol. The molecule has 1 amide bonds. The molecule has 1 aliphatic rings. The van der Waals surface area contributed by atoms with Crippen LogP contribution in [0.2, 0.25) is 0 Å². The molecule has 0 aliphatic heterocycles. The fourth-order valence-corrected chi connectivity index (χ4v) is 4.96. The van der Waals surface area contributed by atoms with E-state index in [9.17, 15) is 14.7 Å². The van der Waals surface area contributed by atoms with E-state index in [1.54, 1.807) is 7.11 Å². The van der Waals surface area contributed by atoms with Crippen molar-refractivity contribution in [2.24, 2.45) is 5.92 Å². The number of methoxy groups -OCH3 is 1. The van der Waals surface area contributed by atoms with Gasteiger partial charge in [0.15, 0.2) is 5.76 Å². The van der Waals surface area contributed by atoms with E-state index < -0.39 is 5.97 Å². The van der Waals surface area contributed by atoms with E-state index in [1.165, 1.54) is 5.56 Å². The summed E-state index contributed by atoms with van der Waals surface area (Å²) in [6.07, 6.45) is 3.50. The first kappa shape index (κ1) is 27.4. The molecule has 1 fully saturated rings. The Kier molecular flexibility index (Phi) is 8.87. The first-order valence-corrected chi connectivity index (χ1v) is 13.5. The van der Waals surface area contributed by atoms with Crippen molar-refractivity contribution in [3.63, 3.8) is 0 Å². The molecule has 2 N–H and O–H groups in total. The van der Waals surface area contributed by atoms with Crippen molar-refractivity contribution in [2.45, 2.75) is 77.7 Å². The number of aliphatic carboxylic acids is 1. The van der Waals surface area contributed by atoms with Gasteiger partial charge < -0.3 is 19.7 Å². The highest BCUT2D eigenvalue weighted by Gasteiger charge is 2.36. The molecule has 1 atom stereocenters. The summed E-state index contributed by atoms with van der Waals surface area (Å²) in [7, 11) is 1.61. The van der Waals surface area contributed by atoms with E-state index in [0.29, 0.717) is 24.8 Å². The number of carboxylic acid groups (broad SMARTS) is 1. The molecule has 38 heavy (non-hydrogen) atoms. The Morgan fingerprint density at radius 3 is 2.53 bits per heavy atom. The lowest BCUT2D eigenvalue weighted by molar-refractivity contribution is -0.137. The molecule has 7 heteroatoms. The molecule has 0 radical (unpaired) electrons. The van der Waals surface area contributed by atoms with Gasteiger partial charge in [-0.1, -0.05) is 55.4 Å². The molecular weight excluding hydrogens is 480 g/mol. The minimum atomic E-state index is -0.891. The summed E-state index contributed by atoms with van der Waals surface area (Å²) in [5.74, 6) is 0.971. The summed E-state index contributed by atoms with van der Waals surface area (Å²) in [6.45, 7) is 6.72. The van der Waals surface area contributed by atoms with Gasteiger partial charge in [-0.2, -0.15) is 0 Å². The molecule has 202 valence electrons. The highest BCUT2D eigenvalue weighted by molar-refractivity contribution is 5.77. The SMILES string of the molecule is COc1cc(C)ccc1CNC(=O)CC(CCC(=O)O)c1noc(-c2ccc(CC(C)C)cc2)c1C1CC1. The number of ether oxygens (including phenoxy) is 1. The fraction of sp³-hybridized carbons (Fsp3) is 0.452. The zero-order valence-electron chi connectivity index (χ0n) is 22.8. The summed E-state index contributed by atoms with van der Waals surface area (Å²) in [5, 5.41) is 16.8. The van der Waals surface area contributed by atoms with E-state index in [2.05, 4.69) is 48.6 Å². The van der Waals surface area contributed by atoms with Crippen LogP contribution in [-0.4, -0.2) is 29.2 Å². The van der Waals surface area contributed by atoms with Crippen LogP contribution in [0.1, 0.15) is 85.7 Å². The van der Waals surface area contributed by atoms with Crippen molar-refractivity contribution in [3.05, 3.63) is 70.4 Å². The molecule has 0 saturated heterocycles. The zero-order valence-corrected chi connectivity index (χ0v) is 22.8. The minimum Gasteiger partial charge on any atom is -0.496 e. The average Bonchev–Trinajstić information content (AvgIpc) is 3.63. The molecule has 1 aromatic heterocycles. The van der Waals surface area contributed by atoms with Gasteiger partial charge in [-0.3, -0.25) is 9.59 Å². The van der Waals surface area contributed by atoms with Crippen LogP contribution >= 0.6 is 0 Å². The van der Waals surface area contributed by atoms with Gasteiger partial charge in [0.25, 0.3) is 0 Å². The van der Waals surface area contributed by atoms with Gasteiger partial charge in [-0.15, -0.1) is 0 Å². The highest BCUT2D eigenvalue weighted by atomic mass is 16.5. The number of aromatic nitrogens is 1. The Balaban J connectivity index is 1.54. The minimum absolute atomic E-state index is 0.0417. The van der Waals surface area contributed by atoms with Gasteiger partial charge in [0.1, 0.15) is 5.75 Å². The predicted molar refractivity (Wildman–Crippen MR) is 146 cm³/mol. The molecule has 0 bridgehead atoms. The van der Waals surface area contributed by atoms with Crippen LogP contribution < -0.4 is 10.1 Å². The first-order chi connectivity index (χ1) is 18.2. The van der Waals surface area contributed by atoms with E-state index in [4.69, 9.17) is 9.26 Å². The van der Waals surface area contributed by atoms with Crippen molar-refractivity contribution in [3.8, 4) is 17.1 Å². The molecule has 1 unspecified atom stereocenters. The Bertz CT molecular complexity index is 1260. The number of benzene rings is 2. The second kappa shape index (κ2) is 12.3. The number of carbonyl (C=O) groups is 2. The topological polar surface area (TPSA) is 102 Å². The van der Waals surface area contributed by atoms with Crippen molar-refractivity contribution in [1.82, 2.24) is 10.5 Å². The number of hydrogen-bond donors (Lipinski definition) is 2. The maximum Gasteiger partial charge on any atom is 0.303 e. The van der Waals surface area contributed by atoms with Crippen molar-refractivity contribution >= 4 is 11.9 Å². The van der Waals surface area contributed by atoms with Gasteiger partial charge in [-0.25, -0.2) is 0 Å². The summed E-state index contributed by atoms with van der Waals surface area (Å²) < 4.78 is 11.4.